The molecule has 0 heterocycles. The maximum atomic E-state index is 13.4. The summed E-state index contributed by atoms with van der Waals surface area (Å²) < 4.78 is 5.18. The summed E-state index contributed by atoms with van der Waals surface area (Å²) in [6.45, 7) is 6.03. The van der Waals surface area contributed by atoms with Crippen molar-refractivity contribution in [3.63, 3.8) is 0 Å². The van der Waals surface area contributed by atoms with Crippen molar-refractivity contribution in [1.29, 1.82) is 0 Å². The van der Waals surface area contributed by atoms with Crippen molar-refractivity contribution in [2.75, 3.05) is 26.3 Å². The van der Waals surface area contributed by atoms with Crippen LogP contribution in [0.2, 0.25) is 0 Å². The van der Waals surface area contributed by atoms with Crippen LogP contribution in [0.5, 0.6) is 0 Å². The van der Waals surface area contributed by atoms with E-state index in [-0.39, 0.29) is 6.54 Å². The number of unbranched alkanes of at least 4 members (excludes halogenated alkanes) is 2. The van der Waals surface area contributed by atoms with Crippen LogP contribution < -0.4 is 10.6 Å². The average molecular weight is 476 g/mol. The maximum Gasteiger partial charge on any atom is 0.408 e. The second kappa shape index (κ2) is 14.2. The van der Waals surface area contributed by atoms with E-state index < -0.39 is 48.8 Å². The number of alkyl carbamates (subject to hydrolysis) is 1. The topological polar surface area (TPSA) is 128 Å². The molecule has 0 radical (unpaired) electrons. The monoisotopic (exact) mass is 475 g/mol. The lowest BCUT2D eigenvalue weighted by molar-refractivity contribution is -0.143. The number of carbonyl (C=O) groups excluding carboxylic acids is 3. The number of hydrogen-bond acceptors (Lipinski definition) is 6. The zero-order chi connectivity index (χ0) is 25.7. The van der Waals surface area contributed by atoms with Gasteiger partial charge in [-0.1, -0.05) is 43.9 Å². The lowest BCUT2D eigenvalue weighted by atomic mass is 9.97. The lowest BCUT2D eigenvalue weighted by Crippen LogP contribution is -2.55. The van der Waals surface area contributed by atoms with Crippen molar-refractivity contribution < 1.29 is 29.3 Å². The van der Waals surface area contributed by atoms with Crippen molar-refractivity contribution in [3.8, 4) is 12.3 Å². The van der Waals surface area contributed by atoms with Gasteiger partial charge in [-0.3, -0.25) is 9.59 Å². The highest BCUT2D eigenvalue weighted by molar-refractivity contribution is 5.92. The number of terminal acetylenes is 1. The van der Waals surface area contributed by atoms with E-state index in [0.29, 0.717) is 17.7 Å². The molecule has 9 heteroatoms. The third kappa shape index (κ3) is 9.04. The molecule has 1 aromatic carbocycles. The van der Waals surface area contributed by atoms with Crippen LogP contribution in [0.3, 0.4) is 0 Å². The van der Waals surface area contributed by atoms with Crippen LogP contribution in [0.15, 0.2) is 24.3 Å². The molecule has 34 heavy (non-hydrogen) atoms. The molecule has 0 aliphatic rings. The maximum absolute atomic E-state index is 13.4. The third-order valence-electron chi connectivity index (χ3n) is 4.85. The molecule has 0 saturated carbocycles. The van der Waals surface area contributed by atoms with Gasteiger partial charge in [-0.05, 0) is 38.8 Å². The van der Waals surface area contributed by atoms with Gasteiger partial charge in [0.25, 0.3) is 0 Å². The van der Waals surface area contributed by atoms with E-state index >= 15 is 0 Å². The molecule has 3 amide bonds. The number of nitrogens with one attached hydrogen (secondary N) is 2. The van der Waals surface area contributed by atoms with E-state index in [2.05, 4.69) is 16.6 Å². The Morgan fingerprint density at radius 1 is 1.18 bits per heavy atom. The fourth-order valence-electron chi connectivity index (χ4n) is 3.31. The Hall–Kier alpha value is -3.09. The molecule has 9 nitrogen and oxygen atoms in total. The van der Waals surface area contributed by atoms with Gasteiger partial charge in [0.1, 0.15) is 17.7 Å². The van der Waals surface area contributed by atoms with Crippen molar-refractivity contribution in [2.45, 2.75) is 64.6 Å². The molecule has 2 unspecified atom stereocenters. The van der Waals surface area contributed by atoms with Crippen molar-refractivity contribution >= 4 is 17.9 Å². The molecule has 0 aromatic heterocycles. The normalized spacial score (nSPS) is 12.7. The standard InChI is InChI=1S/C25H37N3O6/c1-6-8-11-14-26-22(31)21(19-13-10-9-12-18(19)7-2)28(15-16-29)23(32)20(17-30)27-24(33)34-25(3,4)5/h2,9-10,12-13,20-21,29-30H,6,8,11,14-17H2,1,3-5H3,(H,26,31)(H,27,33). The van der Waals surface area contributed by atoms with Gasteiger partial charge in [0.15, 0.2) is 0 Å². The first-order chi connectivity index (χ1) is 16.1. The Balaban J connectivity index is 3.33. The highest BCUT2D eigenvalue weighted by atomic mass is 16.6. The number of rotatable bonds is 12. The smallest absolute Gasteiger partial charge is 0.408 e. The molecule has 0 fully saturated rings. The SMILES string of the molecule is C#Cc1ccccc1C(C(=O)NCCCCC)N(CCO)C(=O)C(CO)NC(=O)OC(C)(C)C. The van der Waals surface area contributed by atoms with Gasteiger partial charge < -0.3 is 30.5 Å². The Morgan fingerprint density at radius 2 is 1.85 bits per heavy atom. The number of benzene rings is 1. The van der Waals surface area contributed by atoms with Crippen LogP contribution in [0.4, 0.5) is 4.79 Å². The van der Waals surface area contributed by atoms with Crippen molar-refractivity contribution in [2.24, 2.45) is 0 Å². The average Bonchev–Trinajstić information content (AvgIpc) is 2.78. The van der Waals surface area contributed by atoms with Gasteiger partial charge in [0.2, 0.25) is 11.8 Å². The summed E-state index contributed by atoms with van der Waals surface area (Å²) in [6.07, 6.45) is 7.41. The second-order valence-corrected chi connectivity index (χ2v) is 8.77. The third-order valence-corrected chi connectivity index (χ3v) is 4.85. The second-order valence-electron chi connectivity index (χ2n) is 8.77. The van der Waals surface area contributed by atoms with Crippen molar-refractivity contribution in [1.82, 2.24) is 15.5 Å². The summed E-state index contributed by atoms with van der Waals surface area (Å²) in [5.74, 6) is 1.29. The van der Waals surface area contributed by atoms with Crippen LogP contribution in [0, 0.1) is 12.3 Å². The van der Waals surface area contributed by atoms with Gasteiger partial charge in [-0.15, -0.1) is 6.42 Å². The van der Waals surface area contributed by atoms with E-state index in [1.807, 2.05) is 6.92 Å². The molecule has 1 aromatic rings. The molecule has 1 rings (SSSR count). The number of amides is 3. The molecule has 0 saturated heterocycles. The molecular weight excluding hydrogens is 438 g/mol. The molecule has 0 aliphatic carbocycles. The minimum Gasteiger partial charge on any atom is -0.444 e. The predicted octanol–water partition coefficient (Wildman–Crippen LogP) is 1.72. The van der Waals surface area contributed by atoms with Gasteiger partial charge in [0, 0.05) is 18.7 Å². The fraction of sp³-hybridized carbons (Fsp3) is 0.560. The molecule has 2 atom stereocenters. The molecule has 4 N–H and O–H groups in total. The van der Waals surface area contributed by atoms with Crippen LogP contribution in [-0.2, 0) is 14.3 Å². The van der Waals surface area contributed by atoms with Crippen LogP contribution in [0.25, 0.3) is 0 Å². The molecule has 188 valence electrons. The van der Waals surface area contributed by atoms with Gasteiger partial charge >= 0.3 is 6.09 Å². The molecular formula is C25H37N3O6. The Labute approximate surface area is 201 Å². The highest BCUT2D eigenvalue weighted by Gasteiger charge is 2.36. The Morgan fingerprint density at radius 3 is 2.41 bits per heavy atom. The number of aliphatic hydroxyl groups excluding tert-OH is 2. The zero-order valence-corrected chi connectivity index (χ0v) is 20.5. The van der Waals surface area contributed by atoms with Crippen LogP contribution in [0.1, 0.15) is 64.1 Å². The van der Waals surface area contributed by atoms with Gasteiger partial charge in [-0.25, -0.2) is 4.79 Å². The summed E-state index contributed by atoms with van der Waals surface area (Å²) in [4.78, 5) is 40.0. The minimum absolute atomic E-state index is 0.225. The Bertz CT molecular complexity index is 859. The number of aliphatic hydroxyl groups is 2. The first-order valence-electron chi connectivity index (χ1n) is 11.4. The largest absolute Gasteiger partial charge is 0.444 e. The van der Waals surface area contributed by atoms with Crippen LogP contribution >= 0.6 is 0 Å². The summed E-state index contributed by atoms with van der Waals surface area (Å²) in [5, 5.41) is 24.7. The minimum atomic E-state index is -1.39. The summed E-state index contributed by atoms with van der Waals surface area (Å²) in [6, 6.07) is 4.12. The summed E-state index contributed by atoms with van der Waals surface area (Å²) in [5.41, 5.74) is -0.00811. The molecule has 0 spiro atoms. The number of nitrogens with zero attached hydrogens (tertiary/aromatic N) is 1. The molecule has 0 aliphatic heterocycles. The molecule has 0 bridgehead atoms. The van der Waals surface area contributed by atoms with E-state index in [0.717, 1.165) is 24.2 Å². The summed E-state index contributed by atoms with van der Waals surface area (Å²) in [7, 11) is 0. The number of ether oxygens (including phenoxy) is 1. The fourth-order valence-corrected chi connectivity index (χ4v) is 3.31. The number of carbonyl (C=O) groups is 3. The number of hydrogen-bond donors (Lipinski definition) is 4. The van der Waals surface area contributed by atoms with E-state index in [9.17, 15) is 24.6 Å². The van der Waals surface area contributed by atoms with E-state index in [1.54, 1.807) is 45.0 Å². The van der Waals surface area contributed by atoms with E-state index in [4.69, 9.17) is 11.2 Å². The highest BCUT2D eigenvalue weighted by Crippen LogP contribution is 2.25. The lowest BCUT2D eigenvalue weighted by Gasteiger charge is -2.34. The summed E-state index contributed by atoms with van der Waals surface area (Å²) >= 11 is 0. The zero-order valence-electron chi connectivity index (χ0n) is 20.5. The first-order valence-corrected chi connectivity index (χ1v) is 11.4. The van der Waals surface area contributed by atoms with E-state index in [1.165, 1.54) is 0 Å². The quantitative estimate of drug-likeness (QED) is 0.269. The van der Waals surface area contributed by atoms with Gasteiger partial charge in [0.05, 0.1) is 13.2 Å². The predicted molar refractivity (Wildman–Crippen MR) is 129 cm³/mol. The first kappa shape index (κ1) is 28.9. The Kier molecular flexibility index (Phi) is 12.1. The van der Waals surface area contributed by atoms with Gasteiger partial charge in [-0.2, -0.15) is 0 Å². The van der Waals surface area contributed by atoms with Crippen LogP contribution in [-0.4, -0.2) is 71.0 Å². The van der Waals surface area contributed by atoms with Crippen molar-refractivity contribution in [3.05, 3.63) is 35.4 Å².